The Morgan fingerprint density at radius 2 is 1.84 bits per heavy atom. The number of halogens is 2. The molecular formula is C21H24F2N2. The summed E-state index contributed by atoms with van der Waals surface area (Å²) in [5.74, 6) is -0.112. The van der Waals surface area contributed by atoms with Crippen LogP contribution >= 0.6 is 0 Å². The van der Waals surface area contributed by atoms with E-state index in [0.717, 1.165) is 17.5 Å². The zero-order valence-electron chi connectivity index (χ0n) is 14.6. The normalized spacial score (nSPS) is 26.6. The molecule has 4 heteroatoms. The second-order valence-corrected chi connectivity index (χ2v) is 7.61. The van der Waals surface area contributed by atoms with Crippen LogP contribution in [0.3, 0.4) is 0 Å². The van der Waals surface area contributed by atoms with E-state index < -0.39 is 11.9 Å². The fourth-order valence-corrected chi connectivity index (χ4v) is 4.31. The van der Waals surface area contributed by atoms with E-state index in [0.29, 0.717) is 11.5 Å². The molecule has 0 radical (unpaired) electrons. The summed E-state index contributed by atoms with van der Waals surface area (Å²) >= 11 is 0. The predicted molar refractivity (Wildman–Crippen MR) is 95.3 cm³/mol. The molecule has 0 amide bonds. The van der Waals surface area contributed by atoms with Gasteiger partial charge in [0.2, 0.25) is 11.9 Å². The summed E-state index contributed by atoms with van der Waals surface area (Å²) in [5.41, 5.74) is 2.42. The van der Waals surface area contributed by atoms with E-state index in [1.165, 1.54) is 56.5 Å². The molecule has 132 valence electrons. The van der Waals surface area contributed by atoms with Crippen LogP contribution in [0.4, 0.5) is 8.78 Å². The Bertz CT molecular complexity index is 738. The quantitative estimate of drug-likeness (QED) is 0.727. The molecule has 2 fully saturated rings. The number of likely N-dealkylation sites (tertiary alicyclic amines) is 1. The van der Waals surface area contributed by atoms with Crippen LogP contribution in [0.2, 0.25) is 0 Å². The molecule has 2 heterocycles. The third-order valence-electron chi connectivity index (χ3n) is 5.93. The summed E-state index contributed by atoms with van der Waals surface area (Å²) in [5, 5.41) is 0. The summed E-state index contributed by atoms with van der Waals surface area (Å²) in [7, 11) is 0. The van der Waals surface area contributed by atoms with E-state index in [1.54, 1.807) is 0 Å². The standard InChI is InChI=1S/C21H24F2N2/c1-14-3-2-10-25(14)13-15-11-18(12-15)16-4-6-17(7-5-16)19-8-9-20(22)24-21(19)23/h4-9,14-15,18H,2-3,10-13H2,1H3. The summed E-state index contributed by atoms with van der Waals surface area (Å²) in [6.07, 6.45) is 5.17. The number of aromatic nitrogens is 1. The summed E-state index contributed by atoms with van der Waals surface area (Å²) in [4.78, 5) is 5.89. The molecule has 25 heavy (non-hydrogen) atoms. The highest BCUT2D eigenvalue weighted by Gasteiger charge is 2.33. The Morgan fingerprint density at radius 1 is 1.08 bits per heavy atom. The van der Waals surface area contributed by atoms with Crippen molar-refractivity contribution >= 4 is 0 Å². The van der Waals surface area contributed by atoms with Crippen molar-refractivity contribution in [1.29, 1.82) is 0 Å². The molecule has 1 saturated heterocycles. The second-order valence-electron chi connectivity index (χ2n) is 7.61. The molecule has 2 aromatic rings. The van der Waals surface area contributed by atoms with Gasteiger partial charge in [0.1, 0.15) is 0 Å². The average Bonchev–Trinajstić information content (AvgIpc) is 2.96. The molecule has 1 atom stereocenters. The van der Waals surface area contributed by atoms with Crippen LogP contribution in [0.1, 0.15) is 44.1 Å². The van der Waals surface area contributed by atoms with E-state index >= 15 is 0 Å². The van der Waals surface area contributed by atoms with Crippen molar-refractivity contribution in [3.8, 4) is 11.1 Å². The third-order valence-corrected chi connectivity index (χ3v) is 5.93. The monoisotopic (exact) mass is 342 g/mol. The number of rotatable bonds is 4. The van der Waals surface area contributed by atoms with Gasteiger partial charge < -0.3 is 4.90 Å². The molecule has 4 rings (SSSR count). The van der Waals surface area contributed by atoms with Crippen LogP contribution in [-0.4, -0.2) is 29.0 Å². The SMILES string of the molecule is CC1CCCN1CC1CC(c2ccc(-c3ccc(F)nc3F)cc2)C1. The Morgan fingerprint density at radius 3 is 2.48 bits per heavy atom. The van der Waals surface area contributed by atoms with Crippen molar-refractivity contribution in [2.75, 3.05) is 13.1 Å². The topological polar surface area (TPSA) is 16.1 Å². The molecule has 1 aliphatic carbocycles. The van der Waals surface area contributed by atoms with Crippen LogP contribution in [-0.2, 0) is 0 Å². The largest absolute Gasteiger partial charge is 0.300 e. The first-order valence-corrected chi connectivity index (χ1v) is 9.26. The van der Waals surface area contributed by atoms with Gasteiger partial charge in [-0.3, -0.25) is 0 Å². The molecule has 0 N–H and O–H groups in total. The van der Waals surface area contributed by atoms with Crippen molar-refractivity contribution in [2.45, 2.75) is 44.6 Å². The van der Waals surface area contributed by atoms with Gasteiger partial charge in [0, 0.05) is 18.2 Å². The van der Waals surface area contributed by atoms with Gasteiger partial charge in [-0.1, -0.05) is 24.3 Å². The third kappa shape index (κ3) is 3.45. The Labute approximate surface area is 147 Å². The van der Waals surface area contributed by atoms with Crippen LogP contribution in [0, 0.1) is 17.8 Å². The minimum absolute atomic E-state index is 0.349. The highest BCUT2D eigenvalue weighted by atomic mass is 19.1. The van der Waals surface area contributed by atoms with Gasteiger partial charge in [0.15, 0.2) is 0 Å². The van der Waals surface area contributed by atoms with Crippen LogP contribution in [0.25, 0.3) is 11.1 Å². The number of hydrogen-bond donors (Lipinski definition) is 0. The molecule has 2 nitrogen and oxygen atoms in total. The lowest BCUT2D eigenvalue weighted by atomic mass is 9.71. The lowest BCUT2D eigenvalue weighted by Crippen LogP contribution is -2.37. The zero-order valence-corrected chi connectivity index (χ0v) is 14.6. The van der Waals surface area contributed by atoms with Crippen LogP contribution < -0.4 is 0 Å². The predicted octanol–water partition coefficient (Wildman–Crippen LogP) is 5.00. The molecule has 1 unspecified atom stereocenters. The van der Waals surface area contributed by atoms with Crippen molar-refractivity contribution < 1.29 is 8.78 Å². The van der Waals surface area contributed by atoms with Gasteiger partial charge in [-0.05, 0) is 74.2 Å². The Hall–Kier alpha value is -1.81. The van der Waals surface area contributed by atoms with Gasteiger partial charge in [0.25, 0.3) is 0 Å². The molecule has 0 spiro atoms. The maximum Gasteiger partial charge on any atom is 0.223 e. The molecule has 1 aromatic carbocycles. The minimum atomic E-state index is -0.786. The maximum absolute atomic E-state index is 13.8. The van der Waals surface area contributed by atoms with Crippen molar-refractivity contribution in [2.24, 2.45) is 5.92 Å². The molecule has 2 aliphatic rings. The first-order valence-electron chi connectivity index (χ1n) is 9.26. The van der Waals surface area contributed by atoms with E-state index in [4.69, 9.17) is 0 Å². The summed E-state index contributed by atoms with van der Waals surface area (Å²) < 4.78 is 26.7. The smallest absolute Gasteiger partial charge is 0.223 e. The van der Waals surface area contributed by atoms with Crippen molar-refractivity contribution in [3.63, 3.8) is 0 Å². The van der Waals surface area contributed by atoms with Gasteiger partial charge in [-0.15, -0.1) is 0 Å². The van der Waals surface area contributed by atoms with Crippen molar-refractivity contribution in [3.05, 3.63) is 53.9 Å². The molecule has 0 bridgehead atoms. The lowest BCUT2D eigenvalue weighted by molar-refractivity contribution is 0.154. The summed E-state index contributed by atoms with van der Waals surface area (Å²) in [6, 6.07) is 11.4. The van der Waals surface area contributed by atoms with Gasteiger partial charge in [-0.2, -0.15) is 13.8 Å². The number of pyridine rings is 1. The molecule has 1 aliphatic heterocycles. The Balaban J connectivity index is 1.37. The minimum Gasteiger partial charge on any atom is -0.300 e. The van der Waals surface area contributed by atoms with E-state index in [2.05, 4.69) is 28.9 Å². The van der Waals surface area contributed by atoms with Gasteiger partial charge in [0.05, 0.1) is 0 Å². The van der Waals surface area contributed by atoms with E-state index in [9.17, 15) is 8.78 Å². The van der Waals surface area contributed by atoms with Crippen molar-refractivity contribution in [1.82, 2.24) is 9.88 Å². The zero-order chi connectivity index (χ0) is 17.4. The number of hydrogen-bond acceptors (Lipinski definition) is 2. The maximum atomic E-state index is 13.8. The Kier molecular flexibility index (Phi) is 4.55. The number of nitrogens with zero attached hydrogens (tertiary/aromatic N) is 2. The van der Waals surface area contributed by atoms with Crippen LogP contribution in [0.15, 0.2) is 36.4 Å². The first-order chi connectivity index (χ1) is 12.1. The molecular weight excluding hydrogens is 318 g/mol. The number of benzene rings is 1. The second kappa shape index (κ2) is 6.83. The highest BCUT2D eigenvalue weighted by Crippen LogP contribution is 2.43. The van der Waals surface area contributed by atoms with Gasteiger partial charge in [-0.25, -0.2) is 0 Å². The van der Waals surface area contributed by atoms with E-state index in [1.807, 2.05) is 12.1 Å². The first kappa shape index (κ1) is 16.6. The lowest BCUT2D eigenvalue weighted by Gasteiger charge is -2.39. The van der Waals surface area contributed by atoms with Gasteiger partial charge >= 0.3 is 0 Å². The van der Waals surface area contributed by atoms with E-state index in [-0.39, 0.29) is 0 Å². The molecule has 1 aromatic heterocycles. The van der Waals surface area contributed by atoms with Crippen LogP contribution in [0.5, 0.6) is 0 Å². The summed E-state index contributed by atoms with van der Waals surface area (Å²) in [6.45, 7) is 4.84. The fourth-order valence-electron chi connectivity index (χ4n) is 4.31. The fraction of sp³-hybridized carbons (Fsp3) is 0.476. The molecule has 1 saturated carbocycles. The average molecular weight is 342 g/mol. The highest BCUT2D eigenvalue weighted by molar-refractivity contribution is 5.63.